The van der Waals surface area contributed by atoms with Crippen molar-refractivity contribution in [3.8, 4) is 5.75 Å². The Morgan fingerprint density at radius 3 is 2.46 bits per heavy atom. The first kappa shape index (κ1) is 18.0. The molecule has 1 amide bonds. The Kier molecular flexibility index (Phi) is 5.87. The third-order valence-electron chi connectivity index (χ3n) is 3.92. The highest BCUT2D eigenvalue weighted by Gasteiger charge is 2.17. The van der Waals surface area contributed by atoms with Crippen LogP contribution in [0.15, 0.2) is 73.1 Å². The van der Waals surface area contributed by atoms with E-state index in [-0.39, 0.29) is 18.6 Å². The second-order valence-corrected chi connectivity index (χ2v) is 6.38. The number of carbonyl (C=O) groups excluding carboxylic acids is 1. The Bertz CT molecular complexity index is 849. The molecule has 1 heterocycles. The summed E-state index contributed by atoms with van der Waals surface area (Å²) in [6.45, 7) is 1.94. The van der Waals surface area contributed by atoms with Crippen LogP contribution in [-0.4, -0.2) is 17.5 Å². The van der Waals surface area contributed by atoms with Crippen molar-refractivity contribution in [1.82, 2.24) is 10.3 Å². The number of hydrogen-bond acceptors (Lipinski definition) is 3. The van der Waals surface area contributed by atoms with Crippen LogP contribution >= 0.6 is 11.6 Å². The van der Waals surface area contributed by atoms with Crippen LogP contribution < -0.4 is 10.1 Å². The SMILES string of the molecule is Cc1ccc(OCC(=O)N[C@H](c2ccc(Cl)cc2)c2cccnc2)cc1. The molecule has 0 radical (unpaired) electrons. The van der Waals surface area contributed by atoms with Gasteiger partial charge in [-0.2, -0.15) is 0 Å². The van der Waals surface area contributed by atoms with Gasteiger partial charge in [0.05, 0.1) is 6.04 Å². The van der Waals surface area contributed by atoms with Crippen LogP contribution in [0.5, 0.6) is 5.75 Å². The number of amides is 1. The lowest BCUT2D eigenvalue weighted by Gasteiger charge is -2.20. The Morgan fingerprint density at radius 1 is 1.08 bits per heavy atom. The molecule has 2 aromatic carbocycles. The molecule has 3 rings (SSSR count). The summed E-state index contributed by atoms with van der Waals surface area (Å²) in [5.41, 5.74) is 2.95. The number of hydrogen-bond donors (Lipinski definition) is 1. The number of carbonyl (C=O) groups is 1. The molecule has 1 aromatic heterocycles. The molecule has 0 spiro atoms. The quantitative estimate of drug-likeness (QED) is 0.706. The summed E-state index contributed by atoms with van der Waals surface area (Å²) in [6, 6.07) is 18.4. The molecule has 0 saturated carbocycles. The molecule has 0 saturated heterocycles. The Labute approximate surface area is 157 Å². The van der Waals surface area contributed by atoms with E-state index in [9.17, 15) is 4.79 Å². The molecule has 4 nitrogen and oxygen atoms in total. The van der Waals surface area contributed by atoms with Crippen molar-refractivity contribution >= 4 is 17.5 Å². The molecule has 0 unspecified atom stereocenters. The van der Waals surface area contributed by atoms with Crippen molar-refractivity contribution in [1.29, 1.82) is 0 Å². The number of nitrogens with zero attached hydrogens (tertiary/aromatic N) is 1. The highest BCUT2D eigenvalue weighted by atomic mass is 35.5. The number of halogens is 1. The fourth-order valence-electron chi connectivity index (χ4n) is 2.55. The van der Waals surface area contributed by atoms with E-state index in [4.69, 9.17) is 16.3 Å². The monoisotopic (exact) mass is 366 g/mol. The molecule has 0 aliphatic carbocycles. The number of pyridine rings is 1. The summed E-state index contributed by atoms with van der Waals surface area (Å²) in [6.07, 6.45) is 3.44. The van der Waals surface area contributed by atoms with Crippen LogP contribution in [0, 0.1) is 6.92 Å². The third-order valence-corrected chi connectivity index (χ3v) is 4.17. The standard InChI is InChI=1S/C21H19ClN2O2/c1-15-4-10-19(11-5-15)26-14-20(25)24-21(17-3-2-12-23-13-17)16-6-8-18(22)9-7-16/h2-13,21H,14H2,1H3,(H,24,25)/t21-/m1/s1. The van der Waals surface area contributed by atoms with E-state index in [1.807, 2.05) is 55.5 Å². The van der Waals surface area contributed by atoms with E-state index in [1.54, 1.807) is 24.5 Å². The normalized spacial score (nSPS) is 11.6. The molecular weight excluding hydrogens is 348 g/mol. The van der Waals surface area contributed by atoms with Crippen LogP contribution in [0.2, 0.25) is 5.02 Å². The van der Waals surface area contributed by atoms with Gasteiger partial charge in [-0.1, -0.05) is 47.5 Å². The molecule has 3 aromatic rings. The van der Waals surface area contributed by atoms with Gasteiger partial charge in [0.1, 0.15) is 5.75 Å². The highest BCUT2D eigenvalue weighted by Crippen LogP contribution is 2.23. The van der Waals surface area contributed by atoms with Crippen molar-refractivity contribution in [2.75, 3.05) is 6.61 Å². The van der Waals surface area contributed by atoms with Crippen LogP contribution in [0.3, 0.4) is 0 Å². The van der Waals surface area contributed by atoms with Crippen LogP contribution in [0.4, 0.5) is 0 Å². The van der Waals surface area contributed by atoms with E-state index >= 15 is 0 Å². The summed E-state index contributed by atoms with van der Waals surface area (Å²) in [5, 5.41) is 3.65. The topological polar surface area (TPSA) is 51.2 Å². The van der Waals surface area contributed by atoms with E-state index in [2.05, 4.69) is 10.3 Å². The minimum absolute atomic E-state index is 0.0621. The second-order valence-electron chi connectivity index (χ2n) is 5.94. The molecule has 26 heavy (non-hydrogen) atoms. The number of nitrogens with one attached hydrogen (secondary N) is 1. The maximum Gasteiger partial charge on any atom is 0.258 e. The Morgan fingerprint density at radius 2 is 1.81 bits per heavy atom. The van der Waals surface area contributed by atoms with Crippen LogP contribution in [0.1, 0.15) is 22.7 Å². The summed E-state index contributed by atoms with van der Waals surface area (Å²) in [7, 11) is 0. The van der Waals surface area contributed by atoms with E-state index in [1.165, 1.54) is 0 Å². The van der Waals surface area contributed by atoms with Gasteiger partial charge in [-0.3, -0.25) is 9.78 Å². The first-order valence-electron chi connectivity index (χ1n) is 8.26. The van der Waals surface area contributed by atoms with Crippen molar-refractivity contribution in [2.45, 2.75) is 13.0 Å². The van der Waals surface area contributed by atoms with Gasteiger partial charge in [-0.15, -0.1) is 0 Å². The predicted octanol–water partition coefficient (Wildman–Crippen LogP) is 4.33. The van der Waals surface area contributed by atoms with E-state index < -0.39 is 0 Å². The Hall–Kier alpha value is -2.85. The molecule has 1 atom stereocenters. The summed E-state index contributed by atoms with van der Waals surface area (Å²) >= 11 is 5.98. The van der Waals surface area contributed by atoms with Crippen molar-refractivity contribution in [3.05, 3.63) is 94.8 Å². The fraction of sp³-hybridized carbons (Fsp3) is 0.143. The third kappa shape index (κ3) is 4.83. The molecule has 0 aliphatic heterocycles. The summed E-state index contributed by atoms with van der Waals surface area (Å²) in [5.74, 6) is 0.449. The Balaban J connectivity index is 1.71. The van der Waals surface area contributed by atoms with Gasteiger partial charge in [0.15, 0.2) is 6.61 Å². The van der Waals surface area contributed by atoms with Gasteiger partial charge in [0.2, 0.25) is 0 Å². The van der Waals surface area contributed by atoms with Crippen molar-refractivity contribution in [3.63, 3.8) is 0 Å². The average Bonchev–Trinajstić information content (AvgIpc) is 2.67. The largest absolute Gasteiger partial charge is 0.484 e. The number of benzene rings is 2. The first-order valence-corrected chi connectivity index (χ1v) is 8.64. The molecule has 0 fully saturated rings. The highest BCUT2D eigenvalue weighted by molar-refractivity contribution is 6.30. The number of aryl methyl sites for hydroxylation is 1. The zero-order valence-corrected chi connectivity index (χ0v) is 15.1. The second kappa shape index (κ2) is 8.50. The van der Waals surface area contributed by atoms with Gasteiger partial charge >= 0.3 is 0 Å². The van der Waals surface area contributed by atoms with Gasteiger partial charge < -0.3 is 10.1 Å². The number of ether oxygens (including phenoxy) is 1. The lowest BCUT2D eigenvalue weighted by molar-refractivity contribution is -0.123. The molecule has 132 valence electrons. The van der Waals surface area contributed by atoms with Crippen molar-refractivity contribution in [2.24, 2.45) is 0 Å². The minimum Gasteiger partial charge on any atom is -0.484 e. The van der Waals surface area contributed by atoms with Crippen LogP contribution in [-0.2, 0) is 4.79 Å². The molecule has 1 N–H and O–H groups in total. The first-order chi connectivity index (χ1) is 12.6. The molecule has 0 bridgehead atoms. The molecular formula is C21H19ClN2O2. The zero-order chi connectivity index (χ0) is 18.4. The van der Waals surface area contributed by atoms with Gasteiger partial charge in [0.25, 0.3) is 5.91 Å². The van der Waals surface area contributed by atoms with Gasteiger partial charge in [0, 0.05) is 17.4 Å². The average molecular weight is 367 g/mol. The molecule has 0 aliphatic rings. The summed E-state index contributed by atoms with van der Waals surface area (Å²) < 4.78 is 5.57. The van der Waals surface area contributed by atoms with Gasteiger partial charge in [-0.25, -0.2) is 0 Å². The van der Waals surface area contributed by atoms with E-state index in [0.717, 1.165) is 16.7 Å². The lowest BCUT2D eigenvalue weighted by atomic mass is 10.0. The number of aromatic nitrogens is 1. The smallest absolute Gasteiger partial charge is 0.258 e. The van der Waals surface area contributed by atoms with Gasteiger partial charge in [-0.05, 0) is 48.4 Å². The minimum atomic E-state index is -0.324. The maximum absolute atomic E-state index is 12.4. The number of rotatable bonds is 6. The maximum atomic E-state index is 12.4. The lowest BCUT2D eigenvalue weighted by Crippen LogP contribution is -2.33. The summed E-state index contributed by atoms with van der Waals surface area (Å²) in [4.78, 5) is 16.6. The fourth-order valence-corrected chi connectivity index (χ4v) is 2.67. The predicted molar refractivity (Wildman–Crippen MR) is 102 cm³/mol. The van der Waals surface area contributed by atoms with Crippen molar-refractivity contribution < 1.29 is 9.53 Å². The molecule has 5 heteroatoms. The van der Waals surface area contributed by atoms with E-state index in [0.29, 0.717) is 10.8 Å². The zero-order valence-electron chi connectivity index (χ0n) is 14.4. The van der Waals surface area contributed by atoms with Crippen LogP contribution in [0.25, 0.3) is 0 Å².